The maximum Gasteiger partial charge on any atom is 0.171 e. The number of nitriles is 1. The average molecular weight is 179 g/mol. The van der Waals surface area contributed by atoms with Crippen LogP contribution in [0.2, 0.25) is 0 Å². The summed E-state index contributed by atoms with van der Waals surface area (Å²) in [4.78, 5) is 8.97. The number of nitrogens with two attached hydrogens (primary N) is 1. The lowest BCUT2D eigenvalue weighted by atomic mass is 10.4. The van der Waals surface area contributed by atoms with Crippen molar-refractivity contribution in [1.29, 1.82) is 5.26 Å². The molecule has 0 unspecified atom stereocenters. The summed E-state index contributed by atoms with van der Waals surface area (Å²) >= 11 is 0. The van der Waals surface area contributed by atoms with Crippen molar-refractivity contribution in [3.8, 4) is 6.07 Å². The fourth-order valence-electron chi connectivity index (χ4n) is 1.11. The number of nitrogens with one attached hydrogen (secondary N) is 1. The quantitative estimate of drug-likeness (QED) is 0.713. The largest absolute Gasteiger partial charge is 0.382 e. The highest BCUT2D eigenvalue weighted by Crippen LogP contribution is 2.17. The first kappa shape index (κ1) is 9.39. The van der Waals surface area contributed by atoms with Gasteiger partial charge in [-0.2, -0.15) is 5.26 Å². The van der Waals surface area contributed by atoms with Gasteiger partial charge in [0.1, 0.15) is 11.6 Å². The van der Waals surface area contributed by atoms with Crippen LogP contribution in [-0.2, 0) is 0 Å². The lowest BCUT2D eigenvalue weighted by Gasteiger charge is -2.14. The summed E-state index contributed by atoms with van der Waals surface area (Å²) in [6, 6.07) is 2.07. The van der Waals surface area contributed by atoms with Crippen LogP contribution in [0.1, 0.15) is 12.2 Å². The topological polar surface area (TPSA) is 81.7 Å². The first-order valence-corrected chi connectivity index (χ1v) is 4.05. The normalized spacial score (nSPS) is 9.62. The van der Waals surface area contributed by atoms with Gasteiger partial charge in [-0.15, -0.1) is 0 Å². The minimum atomic E-state index is 0.474. The molecule has 0 fully saturated rings. The van der Waals surface area contributed by atoms with Crippen LogP contribution in [0, 0.1) is 18.3 Å². The van der Waals surface area contributed by atoms with Crippen molar-refractivity contribution in [1.82, 2.24) is 9.97 Å². The minimum Gasteiger partial charge on any atom is -0.382 e. The zero-order valence-electron chi connectivity index (χ0n) is 7.83. The Hall–Kier alpha value is -1.70. The summed E-state index contributed by atoms with van der Waals surface area (Å²) in [6.07, 6.45) is 0.474. The van der Waals surface area contributed by atoms with E-state index in [-0.39, 0.29) is 0 Å². The molecule has 1 aromatic heterocycles. The van der Waals surface area contributed by atoms with E-state index in [1.165, 1.54) is 0 Å². The minimum absolute atomic E-state index is 0.474. The predicted molar refractivity (Wildman–Crippen MR) is 51.2 cm³/mol. The van der Waals surface area contributed by atoms with Gasteiger partial charge in [-0.05, 0) is 6.92 Å². The van der Waals surface area contributed by atoms with Crippen molar-refractivity contribution < 1.29 is 0 Å². The van der Waals surface area contributed by atoms with Crippen LogP contribution in [0.25, 0.3) is 0 Å². The molecule has 0 atom stereocenters. The van der Waals surface area contributed by atoms with Gasteiger partial charge in [-0.1, -0.05) is 0 Å². The second-order valence-electron chi connectivity index (χ2n) is 2.89. The van der Waals surface area contributed by atoms with Crippen LogP contribution < -0.4 is 10.6 Å². The van der Waals surface area contributed by atoms with E-state index in [9.17, 15) is 0 Å². The molecule has 0 aliphatic rings. The van der Waals surface area contributed by atoms with E-state index in [4.69, 9.17) is 11.0 Å². The molecule has 0 aromatic carbocycles. The number of nitrogen functional groups attached to an aromatic ring is 1. The third-order valence-electron chi connectivity index (χ3n) is 1.75. The number of rotatable bonds is 3. The molecular formula is C8H13N5. The lowest BCUT2D eigenvalue weighted by Crippen LogP contribution is -2.19. The van der Waals surface area contributed by atoms with Crippen molar-refractivity contribution in [2.75, 3.05) is 24.2 Å². The Balaban J connectivity index is 2.71. The third-order valence-corrected chi connectivity index (χ3v) is 1.75. The van der Waals surface area contributed by atoms with Crippen molar-refractivity contribution in [3.63, 3.8) is 0 Å². The molecular weight excluding hydrogens is 166 g/mol. The molecule has 5 nitrogen and oxygen atoms in total. The second-order valence-corrected chi connectivity index (χ2v) is 2.89. The van der Waals surface area contributed by atoms with E-state index in [0.717, 1.165) is 5.82 Å². The lowest BCUT2D eigenvalue weighted by molar-refractivity contribution is 0.889. The smallest absolute Gasteiger partial charge is 0.171 e. The number of nitrogens with zero attached hydrogens (tertiary/aromatic N) is 3. The van der Waals surface area contributed by atoms with Crippen molar-refractivity contribution in [2.24, 2.45) is 0 Å². The van der Waals surface area contributed by atoms with Crippen LogP contribution in [0.4, 0.5) is 11.6 Å². The second kappa shape index (κ2) is 3.81. The Morgan fingerprint density at radius 2 is 2.38 bits per heavy atom. The maximum atomic E-state index is 8.40. The van der Waals surface area contributed by atoms with Gasteiger partial charge in [-0.25, -0.2) is 4.98 Å². The zero-order valence-corrected chi connectivity index (χ0v) is 7.83. The van der Waals surface area contributed by atoms with Crippen LogP contribution in [0.5, 0.6) is 0 Å². The van der Waals surface area contributed by atoms with E-state index >= 15 is 0 Å². The van der Waals surface area contributed by atoms with Gasteiger partial charge in [0, 0.05) is 13.6 Å². The number of aromatic nitrogens is 2. The summed E-state index contributed by atoms with van der Waals surface area (Å²) in [5.41, 5.74) is 5.67. The molecule has 1 aromatic rings. The number of H-pyrrole nitrogens is 1. The van der Waals surface area contributed by atoms with E-state index in [2.05, 4.69) is 16.0 Å². The molecule has 0 saturated carbocycles. The maximum absolute atomic E-state index is 8.40. The Morgan fingerprint density at radius 3 is 2.85 bits per heavy atom. The van der Waals surface area contributed by atoms with Gasteiger partial charge in [0.15, 0.2) is 5.82 Å². The van der Waals surface area contributed by atoms with Gasteiger partial charge in [-0.3, -0.25) is 0 Å². The standard InChI is InChI=1S/C8H13N5/c1-6-11-7(10)8(12-6)13(2)5-3-4-9/h3,5,10H2,1-2H3,(H,11,12). The van der Waals surface area contributed by atoms with E-state index in [1.807, 2.05) is 18.9 Å². The molecule has 0 spiro atoms. The molecule has 0 bridgehead atoms. The monoisotopic (exact) mass is 179 g/mol. The van der Waals surface area contributed by atoms with Crippen molar-refractivity contribution in [3.05, 3.63) is 5.82 Å². The number of hydrogen-bond acceptors (Lipinski definition) is 4. The number of imidazole rings is 1. The highest BCUT2D eigenvalue weighted by atomic mass is 15.2. The molecule has 0 aliphatic heterocycles. The Morgan fingerprint density at radius 1 is 1.69 bits per heavy atom. The van der Waals surface area contributed by atoms with E-state index in [0.29, 0.717) is 24.6 Å². The summed E-state index contributed by atoms with van der Waals surface area (Å²) in [5, 5.41) is 8.40. The van der Waals surface area contributed by atoms with E-state index < -0.39 is 0 Å². The number of anilines is 2. The fourth-order valence-corrected chi connectivity index (χ4v) is 1.11. The number of aryl methyl sites for hydroxylation is 1. The Bertz CT molecular complexity index is 322. The molecule has 13 heavy (non-hydrogen) atoms. The van der Waals surface area contributed by atoms with Gasteiger partial charge < -0.3 is 15.6 Å². The number of aromatic amines is 1. The molecule has 5 heteroatoms. The molecule has 0 amide bonds. The molecule has 0 radical (unpaired) electrons. The van der Waals surface area contributed by atoms with Crippen molar-refractivity contribution >= 4 is 11.6 Å². The fraction of sp³-hybridized carbons (Fsp3) is 0.500. The molecule has 70 valence electrons. The van der Waals surface area contributed by atoms with Crippen LogP contribution >= 0.6 is 0 Å². The molecule has 0 saturated heterocycles. The molecule has 0 aliphatic carbocycles. The summed E-state index contributed by atoms with van der Waals surface area (Å²) < 4.78 is 0. The van der Waals surface area contributed by atoms with Gasteiger partial charge >= 0.3 is 0 Å². The first-order chi connectivity index (χ1) is 6.15. The molecule has 1 rings (SSSR count). The summed E-state index contributed by atoms with van der Waals surface area (Å²) in [6.45, 7) is 2.49. The van der Waals surface area contributed by atoms with Crippen molar-refractivity contribution in [2.45, 2.75) is 13.3 Å². The molecule has 3 N–H and O–H groups in total. The van der Waals surface area contributed by atoms with Gasteiger partial charge in [0.05, 0.1) is 12.5 Å². The summed E-state index contributed by atoms with van der Waals surface area (Å²) in [5.74, 6) is 2.06. The van der Waals surface area contributed by atoms with E-state index in [1.54, 1.807) is 0 Å². The average Bonchev–Trinajstić information content (AvgIpc) is 2.41. The predicted octanol–water partition coefficient (Wildman–Crippen LogP) is 0.650. The Labute approximate surface area is 77.2 Å². The highest BCUT2D eigenvalue weighted by Gasteiger charge is 2.08. The number of hydrogen-bond donors (Lipinski definition) is 2. The highest BCUT2D eigenvalue weighted by molar-refractivity contribution is 5.58. The van der Waals surface area contributed by atoms with Crippen LogP contribution in [-0.4, -0.2) is 23.6 Å². The summed E-state index contributed by atoms with van der Waals surface area (Å²) in [7, 11) is 1.86. The molecule has 1 heterocycles. The zero-order chi connectivity index (χ0) is 9.84. The Kier molecular flexibility index (Phi) is 2.75. The first-order valence-electron chi connectivity index (χ1n) is 4.05. The third kappa shape index (κ3) is 2.12. The SMILES string of the molecule is Cc1nc(N(C)CCC#N)c(N)[nH]1. The van der Waals surface area contributed by atoms with Crippen LogP contribution in [0.3, 0.4) is 0 Å². The van der Waals surface area contributed by atoms with Gasteiger partial charge in [0.2, 0.25) is 0 Å². The van der Waals surface area contributed by atoms with Crippen LogP contribution in [0.15, 0.2) is 0 Å². The van der Waals surface area contributed by atoms with Gasteiger partial charge in [0.25, 0.3) is 0 Å².